The molecule has 0 aliphatic carbocycles. The van der Waals surface area contributed by atoms with Gasteiger partial charge in [-0.15, -0.1) is 0 Å². The SMILES string of the molecule is CN(CC1CCOCC1)C(=O)CC(NSCc1ccccc1)C(=O)N1CCCC1. The number of amides is 2. The molecule has 0 spiro atoms. The Morgan fingerprint density at radius 2 is 1.90 bits per heavy atom. The zero-order valence-electron chi connectivity index (χ0n) is 17.3. The fraction of sp³-hybridized carbons (Fsp3) is 0.636. The highest BCUT2D eigenvalue weighted by Crippen LogP contribution is 2.18. The van der Waals surface area contributed by atoms with Crippen LogP contribution in [0.25, 0.3) is 0 Å². The lowest BCUT2D eigenvalue weighted by Crippen LogP contribution is -2.46. The molecule has 1 aromatic carbocycles. The van der Waals surface area contributed by atoms with Crippen molar-refractivity contribution in [3.63, 3.8) is 0 Å². The lowest BCUT2D eigenvalue weighted by Gasteiger charge is -2.29. The van der Waals surface area contributed by atoms with Crippen molar-refractivity contribution in [2.75, 3.05) is 39.9 Å². The molecular formula is C22H33N3O3S. The number of carbonyl (C=O) groups excluding carboxylic acids is 2. The predicted molar refractivity (Wildman–Crippen MR) is 116 cm³/mol. The molecule has 2 aliphatic rings. The summed E-state index contributed by atoms with van der Waals surface area (Å²) < 4.78 is 8.70. The summed E-state index contributed by atoms with van der Waals surface area (Å²) in [5.74, 6) is 1.33. The van der Waals surface area contributed by atoms with Gasteiger partial charge in [0.1, 0.15) is 6.04 Å². The van der Waals surface area contributed by atoms with Gasteiger partial charge in [-0.05, 0) is 37.2 Å². The van der Waals surface area contributed by atoms with Crippen molar-refractivity contribution >= 4 is 23.8 Å². The van der Waals surface area contributed by atoms with E-state index < -0.39 is 6.04 Å². The fourth-order valence-corrected chi connectivity index (χ4v) is 4.71. The van der Waals surface area contributed by atoms with Crippen LogP contribution in [0.1, 0.15) is 37.7 Å². The van der Waals surface area contributed by atoms with Crippen molar-refractivity contribution in [2.45, 2.75) is 43.9 Å². The van der Waals surface area contributed by atoms with Crippen LogP contribution in [0.15, 0.2) is 30.3 Å². The van der Waals surface area contributed by atoms with E-state index in [1.807, 2.05) is 30.1 Å². The molecule has 1 atom stereocenters. The third-order valence-corrected chi connectivity index (χ3v) is 6.63. The number of hydrogen-bond donors (Lipinski definition) is 1. The number of hydrogen-bond acceptors (Lipinski definition) is 5. The van der Waals surface area contributed by atoms with E-state index in [4.69, 9.17) is 4.74 Å². The second-order valence-electron chi connectivity index (χ2n) is 8.01. The Balaban J connectivity index is 1.54. The highest BCUT2D eigenvalue weighted by Gasteiger charge is 2.30. The van der Waals surface area contributed by atoms with E-state index in [2.05, 4.69) is 16.9 Å². The Kier molecular flexibility index (Phi) is 8.83. The van der Waals surface area contributed by atoms with Gasteiger partial charge in [-0.2, -0.15) is 0 Å². The maximum absolute atomic E-state index is 13.0. The zero-order valence-corrected chi connectivity index (χ0v) is 18.2. The number of likely N-dealkylation sites (tertiary alicyclic amines) is 1. The van der Waals surface area contributed by atoms with Crippen LogP contribution in [-0.2, 0) is 20.1 Å². The third-order valence-electron chi connectivity index (χ3n) is 5.70. The molecule has 160 valence electrons. The largest absolute Gasteiger partial charge is 0.381 e. The number of benzene rings is 1. The second-order valence-corrected chi connectivity index (χ2v) is 8.82. The van der Waals surface area contributed by atoms with E-state index in [1.54, 1.807) is 4.90 Å². The van der Waals surface area contributed by atoms with Gasteiger partial charge in [-0.1, -0.05) is 42.3 Å². The first-order valence-corrected chi connectivity index (χ1v) is 11.6. The maximum atomic E-state index is 13.0. The van der Waals surface area contributed by atoms with Crippen molar-refractivity contribution in [2.24, 2.45) is 5.92 Å². The van der Waals surface area contributed by atoms with Crippen LogP contribution in [0.4, 0.5) is 0 Å². The summed E-state index contributed by atoms with van der Waals surface area (Å²) in [5, 5.41) is 0. The van der Waals surface area contributed by atoms with Gasteiger partial charge in [0.25, 0.3) is 0 Å². The molecule has 0 saturated carbocycles. The minimum Gasteiger partial charge on any atom is -0.381 e. The van der Waals surface area contributed by atoms with Crippen LogP contribution in [0.2, 0.25) is 0 Å². The van der Waals surface area contributed by atoms with Crippen LogP contribution < -0.4 is 4.72 Å². The van der Waals surface area contributed by atoms with Gasteiger partial charge in [0.2, 0.25) is 11.8 Å². The van der Waals surface area contributed by atoms with E-state index >= 15 is 0 Å². The van der Waals surface area contributed by atoms with Crippen molar-refractivity contribution < 1.29 is 14.3 Å². The monoisotopic (exact) mass is 419 g/mol. The Morgan fingerprint density at radius 3 is 2.59 bits per heavy atom. The van der Waals surface area contributed by atoms with Gasteiger partial charge in [0.15, 0.2) is 0 Å². The van der Waals surface area contributed by atoms with Gasteiger partial charge >= 0.3 is 0 Å². The molecule has 2 saturated heterocycles. The second kappa shape index (κ2) is 11.6. The zero-order chi connectivity index (χ0) is 20.5. The summed E-state index contributed by atoms with van der Waals surface area (Å²) in [5.41, 5.74) is 1.19. The summed E-state index contributed by atoms with van der Waals surface area (Å²) in [6.07, 6.45) is 4.30. The maximum Gasteiger partial charge on any atom is 0.241 e. The summed E-state index contributed by atoms with van der Waals surface area (Å²) in [4.78, 5) is 29.5. The Labute approximate surface area is 178 Å². The van der Waals surface area contributed by atoms with Crippen LogP contribution >= 0.6 is 11.9 Å². The molecule has 2 heterocycles. The van der Waals surface area contributed by atoms with Gasteiger partial charge < -0.3 is 14.5 Å². The molecule has 7 heteroatoms. The molecule has 1 N–H and O–H groups in total. The number of nitrogens with one attached hydrogen (secondary N) is 1. The van der Waals surface area contributed by atoms with Crippen molar-refractivity contribution in [1.82, 2.24) is 14.5 Å². The lowest BCUT2D eigenvalue weighted by molar-refractivity contribution is -0.137. The number of carbonyl (C=O) groups is 2. The normalized spacial score (nSPS) is 18.6. The van der Waals surface area contributed by atoms with Crippen LogP contribution in [0.3, 0.4) is 0 Å². The molecule has 0 bridgehead atoms. The number of ether oxygens (including phenoxy) is 1. The molecule has 1 unspecified atom stereocenters. The minimum atomic E-state index is -0.480. The Hall–Kier alpha value is -1.57. The molecule has 29 heavy (non-hydrogen) atoms. The molecule has 6 nitrogen and oxygen atoms in total. The lowest BCUT2D eigenvalue weighted by atomic mass is 9.99. The van der Waals surface area contributed by atoms with E-state index in [1.165, 1.54) is 17.5 Å². The van der Waals surface area contributed by atoms with Crippen LogP contribution in [-0.4, -0.2) is 67.6 Å². The molecule has 1 aromatic rings. The average molecular weight is 420 g/mol. The molecule has 3 rings (SSSR count). The first kappa shape index (κ1) is 22.1. The molecular weight excluding hydrogens is 386 g/mol. The highest BCUT2D eigenvalue weighted by molar-refractivity contribution is 7.96. The predicted octanol–water partition coefficient (Wildman–Crippen LogP) is 2.69. The Bertz CT molecular complexity index is 646. The fourth-order valence-electron chi connectivity index (χ4n) is 3.89. The van der Waals surface area contributed by atoms with Gasteiger partial charge in [0.05, 0.1) is 6.42 Å². The van der Waals surface area contributed by atoms with Crippen molar-refractivity contribution in [1.29, 1.82) is 0 Å². The average Bonchev–Trinajstić information content (AvgIpc) is 3.29. The molecule has 2 fully saturated rings. The summed E-state index contributed by atoms with van der Waals surface area (Å²) in [7, 11) is 1.85. The van der Waals surface area contributed by atoms with Crippen molar-refractivity contribution in [3.05, 3.63) is 35.9 Å². The first-order valence-electron chi connectivity index (χ1n) is 10.6. The topological polar surface area (TPSA) is 61.9 Å². The van der Waals surface area contributed by atoms with E-state index in [0.717, 1.165) is 64.3 Å². The van der Waals surface area contributed by atoms with E-state index in [9.17, 15) is 9.59 Å². The standard InChI is InChI=1S/C22H33N3O3S/c1-24(16-18-9-13-28-14-10-18)21(26)15-20(22(27)25-11-5-6-12-25)23-29-17-19-7-3-2-4-8-19/h2-4,7-8,18,20,23H,5-6,9-17H2,1H3. The van der Waals surface area contributed by atoms with Gasteiger partial charge in [-0.25, -0.2) is 0 Å². The van der Waals surface area contributed by atoms with Gasteiger partial charge in [-0.3, -0.25) is 14.3 Å². The van der Waals surface area contributed by atoms with Crippen molar-refractivity contribution in [3.8, 4) is 0 Å². The van der Waals surface area contributed by atoms with Gasteiger partial charge in [0, 0.05) is 45.6 Å². The quantitative estimate of drug-likeness (QED) is 0.624. The van der Waals surface area contributed by atoms with Crippen LogP contribution in [0.5, 0.6) is 0 Å². The first-order chi connectivity index (χ1) is 14.1. The number of rotatable bonds is 9. The number of nitrogens with zero attached hydrogens (tertiary/aromatic N) is 2. The van der Waals surface area contributed by atoms with E-state index in [0.29, 0.717) is 5.92 Å². The summed E-state index contributed by atoms with van der Waals surface area (Å²) in [6, 6.07) is 9.67. The summed E-state index contributed by atoms with van der Waals surface area (Å²) in [6.45, 7) is 3.89. The smallest absolute Gasteiger partial charge is 0.241 e. The minimum absolute atomic E-state index is 0.0295. The highest BCUT2D eigenvalue weighted by atomic mass is 32.2. The van der Waals surface area contributed by atoms with E-state index in [-0.39, 0.29) is 18.2 Å². The molecule has 2 amide bonds. The summed E-state index contributed by atoms with van der Waals surface area (Å²) >= 11 is 1.51. The molecule has 0 aromatic heterocycles. The third kappa shape index (κ3) is 7.01. The molecule has 2 aliphatic heterocycles. The molecule has 0 radical (unpaired) electrons. The Morgan fingerprint density at radius 1 is 1.21 bits per heavy atom. The van der Waals surface area contributed by atoms with Crippen LogP contribution in [0, 0.1) is 5.92 Å².